The number of hydrogen-bond acceptors (Lipinski definition) is 7. The molecule has 7 heteroatoms. The van der Waals surface area contributed by atoms with Gasteiger partial charge in [0.25, 0.3) is 0 Å². The molecule has 0 spiro atoms. The summed E-state index contributed by atoms with van der Waals surface area (Å²) in [5.41, 5.74) is 1.20. The van der Waals surface area contributed by atoms with Crippen molar-refractivity contribution in [3.8, 4) is 0 Å². The molecular formula is C21H30N4O3. The summed E-state index contributed by atoms with van der Waals surface area (Å²) in [5, 5.41) is 4.44. The van der Waals surface area contributed by atoms with Gasteiger partial charge in [-0.1, -0.05) is 11.2 Å². The molecule has 0 aliphatic carbocycles. The summed E-state index contributed by atoms with van der Waals surface area (Å²) < 4.78 is 16.6. The number of rotatable bonds is 7. The Labute approximate surface area is 166 Å². The van der Waals surface area contributed by atoms with Gasteiger partial charge in [-0.3, -0.25) is 9.88 Å². The maximum Gasteiger partial charge on any atom is 0.229 e. The fourth-order valence-corrected chi connectivity index (χ4v) is 4.33. The summed E-state index contributed by atoms with van der Waals surface area (Å²) in [7, 11) is 1.76. The molecule has 4 rings (SSSR count). The standard InChI is InChI=1S/C21H30N4O3/c1-26-14-8-21(20-23-19(28-24-20)18-4-12-27-13-5-18)6-10-25(11-7-21)16-17-3-2-9-22-15-17/h2-3,9,15,18H,4-8,10-14,16H2,1H3. The lowest BCUT2D eigenvalue weighted by molar-refractivity contribution is 0.0778. The molecule has 0 aromatic carbocycles. The first-order valence-corrected chi connectivity index (χ1v) is 10.3. The molecular weight excluding hydrogens is 356 g/mol. The van der Waals surface area contributed by atoms with Crippen molar-refractivity contribution in [3.63, 3.8) is 0 Å². The Hall–Kier alpha value is -1.83. The van der Waals surface area contributed by atoms with Gasteiger partial charge in [0.05, 0.1) is 0 Å². The van der Waals surface area contributed by atoms with Crippen LogP contribution in [0.5, 0.6) is 0 Å². The summed E-state index contributed by atoms with van der Waals surface area (Å²) in [6, 6.07) is 4.14. The van der Waals surface area contributed by atoms with Gasteiger partial charge in [0.1, 0.15) is 0 Å². The summed E-state index contributed by atoms with van der Waals surface area (Å²) >= 11 is 0. The molecule has 0 N–H and O–H groups in total. The van der Waals surface area contributed by atoms with Crippen LogP contribution in [-0.2, 0) is 21.4 Å². The van der Waals surface area contributed by atoms with Gasteiger partial charge in [0.2, 0.25) is 5.89 Å². The van der Waals surface area contributed by atoms with Gasteiger partial charge in [0.15, 0.2) is 5.82 Å². The first-order chi connectivity index (χ1) is 13.8. The SMILES string of the molecule is COCCC1(c2noc(C3CCOCC3)n2)CCN(Cc2cccnc2)CC1. The number of aromatic nitrogens is 3. The quantitative estimate of drug-likeness (QED) is 0.724. The number of nitrogens with zero attached hydrogens (tertiary/aromatic N) is 4. The van der Waals surface area contributed by atoms with Crippen LogP contribution in [0, 0.1) is 0 Å². The highest BCUT2D eigenvalue weighted by molar-refractivity contribution is 5.13. The zero-order valence-electron chi connectivity index (χ0n) is 16.7. The molecule has 0 atom stereocenters. The van der Waals surface area contributed by atoms with E-state index in [2.05, 4.69) is 21.1 Å². The Kier molecular flexibility index (Phi) is 6.34. The predicted octanol–water partition coefficient (Wildman–Crippen LogP) is 2.93. The Morgan fingerprint density at radius 1 is 1.25 bits per heavy atom. The Morgan fingerprint density at radius 2 is 2.07 bits per heavy atom. The lowest BCUT2D eigenvalue weighted by Gasteiger charge is -2.39. The zero-order valence-corrected chi connectivity index (χ0v) is 16.7. The molecule has 2 aliphatic heterocycles. The van der Waals surface area contributed by atoms with Gasteiger partial charge in [-0.2, -0.15) is 4.98 Å². The summed E-state index contributed by atoms with van der Waals surface area (Å²) in [6.45, 7) is 5.23. The van der Waals surface area contributed by atoms with Crippen LogP contribution in [0.2, 0.25) is 0 Å². The fraction of sp³-hybridized carbons (Fsp3) is 0.667. The lowest BCUT2D eigenvalue weighted by Crippen LogP contribution is -2.43. The van der Waals surface area contributed by atoms with Crippen LogP contribution in [-0.4, -0.2) is 60.0 Å². The van der Waals surface area contributed by atoms with E-state index in [1.165, 1.54) is 5.56 Å². The van der Waals surface area contributed by atoms with Crippen molar-refractivity contribution in [1.29, 1.82) is 0 Å². The second-order valence-electron chi connectivity index (χ2n) is 8.00. The molecule has 2 fully saturated rings. The van der Waals surface area contributed by atoms with Crippen molar-refractivity contribution in [2.24, 2.45) is 0 Å². The van der Waals surface area contributed by atoms with E-state index < -0.39 is 0 Å². The second kappa shape index (κ2) is 9.11. The van der Waals surface area contributed by atoms with E-state index in [0.717, 1.165) is 76.7 Å². The van der Waals surface area contributed by atoms with Gasteiger partial charge >= 0.3 is 0 Å². The molecule has 152 valence electrons. The molecule has 0 radical (unpaired) electrons. The van der Waals surface area contributed by atoms with Gasteiger partial charge in [0, 0.05) is 57.2 Å². The number of ether oxygens (including phenoxy) is 2. The van der Waals surface area contributed by atoms with Crippen molar-refractivity contribution >= 4 is 0 Å². The third-order valence-corrected chi connectivity index (χ3v) is 6.21. The predicted molar refractivity (Wildman–Crippen MR) is 104 cm³/mol. The molecule has 0 unspecified atom stereocenters. The van der Waals surface area contributed by atoms with Crippen molar-refractivity contribution in [2.45, 2.75) is 50.0 Å². The molecule has 2 aromatic heterocycles. The van der Waals surface area contributed by atoms with Crippen LogP contribution < -0.4 is 0 Å². The molecule has 2 aromatic rings. The maximum atomic E-state index is 5.71. The third-order valence-electron chi connectivity index (χ3n) is 6.21. The van der Waals surface area contributed by atoms with Gasteiger partial charge in [-0.15, -0.1) is 0 Å². The minimum absolute atomic E-state index is 0.0611. The maximum absolute atomic E-state index is 5.71. The number of likely N-dealkylation sites (tertiary alicyclic amines) is 1. The van der Waals surface area contributed by atoms with E-state index in [-0.39, 0.29) is 5.41 Å². The lowest BCUT2D eigenvalue weighted by atomic mass is 9.75. The Balaban J connectivity index is 1.45. The molecule has 28 heavy (non-hydrogen) atoms. The van der Waals surface area contributed by atoms with E-state index in [9.17, 15) is 0 Å². The molecule has 4 heterocycles. The molecule has 0 saturated carbocycles. The highest BCUT2D eigenvalue weighted by Gasteiger charge is 2.40. The van der Waals surface area contributed by atoms with Crippen molar-refractivity contribution in [2.75, 3.05) is 40.0 Å². The van der Waals surface area contributed by atoms with Gasteiger partial charge in [-0.25, -0.2) is 0 Å². The van der Waals surface area contributed by atoms with E-state index in [0.29, 0.717) is 12.5 Å². The van der Waals surface area contributed by atoms with Crippen LogP contribution in [0.4, 0.5) is 0 Å². The van der Waals surface area contributed by atoms with E-state index in [1.54, 1.807) is 7.11 Å². The van der Waals surface area contributed by atoms with Gasteiger partial charge < -0.3 is 14.0 Å². The number of piperidine rings is 1. The van der Waals surface area contributed by atoms with Crippen LogP contribution in [0.1, 0.15) is 55.3 Å². The highest BCUT2D eigenvalue weighted by atomic mass is 16.5. The Bertz CT molecular complexity index is 722. The third kappa shape index (κ3) is 4.42. The van der Waals surface area contributed by atoms with Crippen molar-refractivity contribution < 1.29 is 14.0 Å². The fourth-order valence-electron chi connectivity index (χ4n) is 4.33. The monoisotopic (exact) mass is 386 g/mol. The van der Waals surface area contributed by atoms with Crippen LogP contribution in [0.15, 0.2) is 29.0 Å². The molecule has 0 amide bonds. The van der Waals surface area contributed by atoms with Crippen LogP contribution in [0.25, 0.3) is 0 Å². The van der Waals surface area contributed by atoms with Crippen molar-refractivity contribution in [3.05, 3.63) is 41.8 Å². The smallest absolute Gasteiger partial charge is 0.229 e. The minimum Gasteiger partial charge on any atom is -0.385 e. The van der Waals surface area contributed by atoms with Crippen LogP contribution >= 0.6 is 0 Å². The normalized spacial score (nSPS) is 21.0. The topological polar surface area (TPSA) is 73.5 Å². The van der Waals surface area contributed by atoms with Crippen molar-refractivity contribution in [1.82, 2.24) is 20.0 Å². The van der Waals surface area contributed by atoms with E-state index in [1.807, 2.05) is 18.5 Å². The number of methoxy groups -OCH3 is 1. The largest absolute Gasteiger partial charge is 0.385 e. The van der Waals surface area contributed by atoms with E-state index in [4.69, 9.17) is 19.0 Å². The number of hydrogen-bond donors (Lipinski definition) is 0. The van der Waals surface area contributed by atoms with Crippen LogP contribution in [0.3, 0.4) is 0 Å². The summed E-state index contributed by atoms with van der Waals surface area (Å²) in [5.74, 6) is 1.99. The summed E-state index contributed by atoms with van der Waals surface area (Å²) in [4.78, 5) is 11.6. The Morgan fingerprint density at radius 3 is 2.79 bits per heavy atom. The molecule has 7 nitrogen and oxygen atoms in total. The number of pyridine rings is 1. The molecule has 2 aliphatic rings. The second-order valence-corrected chi connectivity index (χ2v) is 8.00. The van der Waals surface area contributed by atoms with E-state index >= 15 is 0 Å². The first kappa shape index (κ1) is 19.5. The minimum atomic E-state index is -0.0611. The average molecular weight is 386 g/mol. The highest BCUT2D eigenvalue weighted by Crippen LogP contribution is 2.38. The molecule has 2 saturated heterocycles. The average Bonchev–Trinajstić information content (AvgIpc) is 3.26. The molecule has 0 bridgehead atoms. The zero-order chi connectivity index (χ0) is 19.2. The summed E-state index contributed by atoms with van der Waals surface area (Å²) in [6.07, 6.45) is 8.66. The van der Waals surface area contributed by atoms with Gasteiger partial charge in [-0.05, 0) is 56.8 Å². The first-order valence-electron chi connectivity index (χ1n) is 10.3.